The lowest BCUT2D eigenvalue weighted by atomic mass is 9.99. The van der Waals surface area contributed by atoms with Crippen molar-refractivity contribution in [2.45, 2.75) is 18.9 Å². The fourth-order valence-corrected chi connectivity index (χ4v) is 3.92. The van der Waals surface area contributed by atoms with E-state index in [0.29, 0.717) is 28.9 Å². The van der Waals surface area contributed by atoms with Gasteiger partial charge >= 0.3 is 0 Å². The van der Waals surface area contributed by atoms with Gasteiger partial charge in [0.2, 0.25) is 0 Å². The summed E-state index contributed by atoms with van der Waals surface area (Å²) in [7, 11) is 0. The van der Waals surface area contributed by atoms with Crippen molar-refractivity contribution in [2.75, 3.05) is 13.1 Å². The predicted octanol–water partition coefficient (Wildman–Crippen LogP) is 2.42. The van der Waals surface area contributed by atoms with Gasteiger partial charge in [-0.2, -0.15) is 0 Å². The number of quaternary nitrogens is 1. The molecular weight excluding hydrogens is 330 g/mol. The standard InChI is InChI=1S/C20H19N3O3/c24-20-16(11-18(23(25)26)17-7-4-9-21-19(17)20)13-22-10-8-15(12-22)14-5-2-1-3-6-14/h1-7,9,11,15,24H,8,10,12-13H2/p+1. The van der Waals surface area contributed by atoms with E-state index in [-0.39, 0.29) is 11.4 Å². The highest BCUT2D eigenvalue weighted by Gasteiger charge is 2.29. The minimum Gasteiger partial charge on any atom is -0.505 e. The largest absolute Gasteiger partial charge is 0.505 e. The molecule has 2 N–H and O–H groups in total. The summed E-state index contributed by atoms with van der Waals surface area (Å²) in [6.07, 6.45) is 2.62. The van der Waals surface area contributed by atoms with Gasteiger partial charge in [-0.15, -0.1) is 0 Å². The van der Waals surface area contributed by atoms with Crippen LogP contribution in [-0.2, 0) is 6.54 Å². The first-order valence-corrected chi connectivity index (χ1v) is 8.76. The quantitative estimate of drug-likeness (QED) is 0.559. The number of nitro groups is 1. The summed E-state index contributed by atoms with van der Waals surface area (Å²) in [5, 5.41) is 22.4. The van der Waals surface area contributed by atoms with Gasteiger partial charge in [0.1, 0.15) is 12.1 Å². The zero-order valence-corrected chi connectivity index (χ0v) is 14.3. The molecule has 26 heavy (non-hydrogen) atoms. The monoisotopic (exact) mass is 350 g/mol. The van der Waals surface area contributed by atoms with Crippen LogP contribution in [0.15, 0.2) is 54.7 Å². The van der Waals surface area contributed by atoms with Crippen molar-refractivity contribution >= 4 is 16.6 Å². The third-order valence-electron chi connectivity index (χ3n) is 5.21. The molecule has 1 fully saturated rings. The highest BCUT2D eigenvalue weighted by Crippen LogP contribution is 2.34. The first-order chi connectivity index (χ1) is 12.6. The van der Waals surface area contributed by atoms with Crippen molar-refractivity contribution in [3.8, 4) is 5.75 Å². The van der Waals surface area contributed by atoms with Crippen LogP contribution in [0.25, 0.3) is 10.9 Å². The maximum Gasteiger partial charge on any atom is 0.279 e. The number of nitro benzene ring substituents is 1. The molecule has 2 atom stereocenters. The second-order valence-corrected chi connectivity index (χ2v) is 6.84. The van der Waals surface area contributed by atoms with E-state index in [0.717, 1.165) is 19.5 Å². The van der Waals surface area contributed by atoms with Crippen LogP contribution in [0.2, 0.25) is 0 Å². The van der Waals surface area contributed by atoms with Gasteiger partial charge in [0, 0.05) is 24.6 Å². The number of nitrogens with one attached hydrogen (secondary N) is 1. The molecule has 1 saturated heterocycles. The van der Waals surface area contributed by atoms with Crippen LogP contribution < -0.4 is 4.90 Å². The first-order valence-electron chi connectivity index (χ1n) is 8.76. The molecule has 0 aliphatic carbocycles. The molecule has 0 radical (unpaired) electrons. The Balaban J connectivity index is 1.62. The molecular formula is C20H20N3O3+. The van der Waals surface area contributed by atoms with Gasteiger partial charge < -0.3 is 10.0 Å². The molecule has 2 unspecified atom stereocenters. The molecule has 2 heterocycles. The second kappa shape index (κ2) is 6.72. The fraction of sp³-hybridized carbons (Fsp3) is 0.250. The van der Waals surface area contributed by atoms with Crippen molar-refractivity contribution in [3.05, 3.63) is 76.0 Å². The lowest BCUT2D eigenvalue weighted by Gasteiger charge is -2.15. The molecule has 3 aromatic rings. The average Bonchev–Trinajstić information content (AvgIpc) is 3.13. The van der Waals surface area contributed by atoms with Gasteiger partial charge in [0.25, 0.3) is 5.69 Å². The minimum atomic E-state index is -0.404. The highest BCUT2D eigenvalue weighted by molar-refractivity contribution is 5.93. The van der Waals surface area contributed by atoms with Gasteiger partial charge in [-0.25, -0.2) is 0 Å². The summed E-state index contributed by atoms with van der Waals surface area (Å²) in [4.78, 5) is 16.5. The van der Waals surface area contributed by atoms with Crippen LogP contribution in [0.4, 0.5) is 5.69 Å². The van der Waals surface area contributed by atoms with E-state index in [2.05, 4.69) is 29.2 Å². The van der Waals surface area contributed by atoms with E-state index in [4.69, 9.17) is 0 Å². The molecule has 132 valence electrons. The molecule has 1 aliphatic rings. The molecule has 6 heteroatoms. The van der Waals surface area contributed by atoms with Gasteiger partial charge in [-0.3, -0.25) is 15.1 Å². The number of hydrogen-bond acceptors (Lipinski definition) is 4. The number of benzene rings is 2. The number of rotatable bonds is 4. The van der Waals surface area contributed by atoms with Gasteiger partial charge in [-0.05, 0) is 17.7 Å². The summed E-state index contributed by atoms with van der Waals surface area (Å²) < 4.78 is 0. The summed E-state index contributed by atoms with van der Waals surface area (Å²) in [6.45, 7) is 2.49. The molecule has 0 spiro atoms. The first kappa shape index (κ1) is 16.5. The Morgan fingerprint density at radius 3 is 2.81 bits per heavy atom. The molecule has 0 bridgehead atoms. The zero-order valence-electron chi connectivity index (χ0n) is 14.3. The molecule has 1 aliphatic heterocycles. The van der Waals surface area contributed by atoms with Crippen molar-refractivity contribution in [1.29, 1.82) is 0 Å². The Hall–Kier alpha value is -2.99. The number of fused-ring (bicyclic) bond motifs is 1. The molecule has 0 saturated carbocycles. The second-order valence-electron chi connectivity index (χ2n) is 6.84. The number of likely N-dealkylation sites (tertiary alicyclic amines) is 1. The van der Waals surface area contributed by atoms with Gasteiger partial charge in [0.05, 0.1) is 29.0 Å². The summed E-state index contributed by atoms with van der Waals surface area (Å²) >= 11 is 0. The Labute approximate surface area is 150 Å². The molecule has 4 rings (SSSR count). The number of hydrogen-bond donors (Lipinski definition) is 2. The molecule has 2 aromatic carbocycles. The third-order valence-corrected chi connectivity index (χ3v) is 5.21. The number of aromatic nitrogens is 1. The lowest BCUT2D eigenvalue weighted by Crippen LogP contribution is -3.08. The maximum absolute atomic E-state index is 11.4. The van der Waals surface area contributed by atoms with Crippen molar-refractivity contribution in [1.82, 2.24) is 4.98 Å². The van der Waals surface area contributed by atoms with Crippen LogP contribution in [0.3, 0.4) is 0 Å². The van der Waals surface area contributed by atoms with E-state index in [1.807, 2.05) is 6.07 Å². The average molecular weight is 350 g/mol. The Morgan fingerprint density at radius 2 is 2.04 bits per heavy atom. The van der Waals surface area contributed by atoms with Crippen LogP contribution in [0, 0.1) is 10.1 Å². The summed E-state index contributed by atoms with van der Waals surface area (Å²) in [6, 6.07) is 15.2. The fourth-order valence-electron chi connectivity index (χ4n) is 3.92. The van der Waals surface area contributed by atoms with E-state index >= 15 is 0 Å². The van der Waals surface area contributed by atoms with Crippen LogP contribution in [0.5, 0.6) is 5.75 Å². The molecule has 0 amide bonds. The topological polar surface area (TPSA) is 80.7 Å². The van der Waals surface area contributed by atoms with E-state index in [1.54, 1.807) is 18.3 Å². The summed E-state index contributed by atoms with van der Waals surface area (Å²) in [5.74, 6) is 0.545. The van der Waals surface area contributed by atoms with Crippen molar-refractivity contribution in [3.63, 3.8) is 0 Å². The Morgan fingerprint density at radius 1 is 1.23 bits per heavy atom. The van der Waals surface area contributed by atoms with Gasteiger partial charge in [-0.1, -0.05) is 30.3 Å². The smallest absolute Gasteiger partial charge is 0.279 e. The van der Waals surface area contributed by atoms with Crippen LogP contribution in [-0.4, -0.2) is 28.1 Å². The third kappa shape index (κ3) is 2.99. The highest BCUT2D eigenvalue weighted by atomic mass is 16.6. The minimum absolute atomic E-state index is 0.000827. The Bertz CT molecular complexity index is 959. The van der Waals surface area contributed by atoms with Gasteiger partial charge in [0.15, 0.2) is 5.75 Å². The number of phenols is 1. The maximum atomic E-state index is 11.4. The zero-order chi connectivity index (χ0) is 18.1. The molecule has 6 nitrogen and oxygen atoms in total. The number of non-ortho nitro benzene ring substituents is 1. The number of nitrogens with zero attached hydrogens (tertiary/aromatic N) is 2. The predicted molar refractivity (Wildman–Crippen MR) is 98.3 cm³/mol. The van der Waals surface area contributed by atoms with Crippen LogP contribution in [0.1, 0.15) is 23.5 Å². The van der Waals surface area contributed by atoms with E-state index in [1.165, 1.54) is 16.5 Å². The van der Waals surface area contributed by atoms with Crippen LogP contribution >= 0.6 is 0 Å². The van der Waals surface area contributed by atoms with Crippen molar-refractivity contribution < 1.29 is 14.9 Å². The SMILES string of the molecule is O=[N+]([O-])c1cc(C[NH+]2CCC(c3ccccc3)C2)c(O)c2ncccc12. The molecule has 1 aromatic heterocycles. The number of aromatic hydroxyl groups is 1. The Kier molecular flexibility index (Phi) is 4.26. The lowest BCUT2D eigenvalue weighted by molar-refractivity contribution is -0.902. The number of pyridine rings is 1. The number of phenolic OH excluding ortho intramolecular Hbond substituents is 1. The normalized spacial score (nSPS) is 19.7. The summed E-state index contributed by atoms with van der Waals surface area (Å²) in [5.41, 5.74) is 2.22. The van der Waals surface area contributed by atoms with E-state index in [9.17, 15) is 15.2 Å². The van der Waals surface area contributed by atoms with Crippen molar-refractivity contribution in [2.24, 2.45) is 0 Å². The van der Waals surface area contributed by atoms with E-state index < -0.39 is 4.92 Å².